The van der Waals surface area contributed by atoms with Gasteiger partial charge in [-0.1, -0.05) is 36.4 Å². The van der Waals surface area contributed by atoms with E-state index in [1.165, 1.54) is 49.2 Å². The van der Waals surface area contributed by atoms with Gasteiger partial charge >= 0.3 is 0 Å². The first-order chi connectivity index (χ1) is 9.83. The third kappa shape index (κ3) is 3.35. The standard InChI is InChI=1S/C18H23OS/c19-18(14-20-12-4-5-13-20)17-10-8-16(9-11-17)15-6-2-1-3-7-15/h2,6,8-11,15H,1,3-5,7,12-14H2/q+1. The molecular formula is C18H23OS+. The van der Waals surface area contributed by atoms with E-state index >= 15 is 0 Å². The van der Waals surface area contributed by atoms with Gasteiger partial charge in [-0.2, -0.15) is 0 Å². The van der Waals surface area contributed by atoms with Crippen molar-refractivity contribution in [2.45, 2.75) is 38.0 Å². The van der Waals surface area contributed by atoms with E-state index < -0.39 is 0 Å². The predicted octanol–water partition coefficient (Wildman–Crippen LogP) is 4.11. The average Bonchev–Trinajstić information content (AvgIpc) is 3.01. The number of Topliss-reactive ketones (excluding diaryl/α,β-unsaturated/α-hetero) is 1. The second-order valence-corrected chi connectivity index (χ2v) is 8.21. The minimum absolute atomic E-state index is 0.348. The lowest BCUT2D eigenvalue weighted by Gasteiger charge is -2.16. The molecule has 3 rings (SSSR count). The van der Waals surface area contributed by atoms with E-state index in [2.05, 4.69) is 24.3 Å². The summed E-state index contributed by atoms with van der Waals surface area (Å²) in [5.41, 5.74) is 2.27. The number of carbonyl (C=O) groups excluding carboxylic acids is 1. The van der Waals surface area contributed by atoms with E-state index in [1.807, 2.05) is 12.1 Å². The maximum Gasteiger partial charge on any atom is 0.211 e. The molecule has 2 aliphatic rings. The van der Waals surface area contributed by atoms with Crippen LogP contribution in [0.25, 0.3) is 0 Å². The molecule has 1 nitrogen and oxygen atoms in total. The SMILES string of the molecule is O=C(C[S+]1CCCC1)c1ccc(C2C=CCCC2)cc1. The first kappa shape index (κ1) is 13.9. The Balaban J connectivity index is 1.64. The summed E-state index contributed by atoms with van der Waals surface area (Å²) >= 11 is 0. The highest BCUT2D eigenvalue weighted by Crippen LogP contribution is 2.27. The van der Waals surface area contributed by atoms with Crippen LogP contribution >= 0.6 is 0 Å². The maximum absolute atomic E-state index is 12.3. The second kappa shape index (κ2) is 6.62. The van der Waals surface area contributed by atoms with Gasteiger partial charge in [0.1, 0.15) is 11.5 Å². The zero-order valence-electron chi connectivity index (χ0n) is 12.0. The topological polar surface area (TPSA) is 17.1 Å². The van der Waals surface area contributed by atoms with Crippen LogP contribution < -0.4 is 0 Å². The lowest BCUT2D eigenvalue weighted by molar-refractivity contribution is 0.102. The summed E-state index contributed by atoms with van der Waals surface area (Å²) in [5, 5.41) is 0. The van der Waals surface area contributed by atoms with Crippen molar-refractivity contribution >= 4 is 16.7 Å². The maximum atomic E-state index is 12.3. The van der Waals surface area contributed by atoms with Crippen molar-refractivity contribution in [1.82, 2.24) is 0 Å². The number of allylic oxidation sites excluding steroid dienone is 2. The molecule has 0 radical (unpaired) electrons. The largest absolute Gasteiger partial charge is 0.289 e. The summed E-state index contributed by atoms with van der Waals surface area (Å²) < 4.78 is 0. The van der Waals surface area contributed by atoms with Crippen LogP contribution in [0.1, 0.15) is 53.9 Å². The monoisotopic (exact) mass is 287 g/mol. The molecule has 1 aliphatic carbocycles. The van der Waals surface area contributed by atoms with Crippen LogP contribution in [-0.4, -0.2) is 23.0 Å². The van der Waals surface area contributed by atoms with Gasteiger partial charge in [0.15, 0.2) is 5.75 Å². The molecule has 20 heavy (non-hydrogen) atoms. The molecule has 0 spiro atoms. The minimum atomic E-state index is 0.348. The van der Waals surface area contributed by atoms with E-state index in [0.717, 1.165) is 11.3 Å². The van der Waals surface area contributed by atoms with Crippen molar-refractivity contribution in [3.8, 4) is 0 Å². The Morgan fingerprint density at radius 2 is 1.85 bits per heavy atom. The van der Waals surface area contributed by atoms with Crippen molar-refractivity contribution in [2.75, 3.05) is 17.3 Å². The Bertz CT molecular complexity index is 483. The molecule has 1 unspecified atom stereocenters. The van der Waals surface area contributed by atoms with Gasteiger partial charge in [0.2, 0.25) is 5.78 Å². The van der Waals surface area contributed by atoms with Crippen LogP contribution in [0.2, 0.25) is 0 Å². The van der Waals surface area contributed by atoms with Gasteiger partial charge in [0, 0.05) is 11.5 Å². The zero-order valence-corrected chi connectivity index (χ0v) is 12.8. The highest BCUT2D eigenvalue weighted by molar-refractivity contribution is 7.97. The van der Waals surface area contributed by atoms with E-state index in [1.54, 1.807) is 0 Å². The fourth-order valence-electron chi connectivity index (χ4n) is 3.13. The molecule has 0 bridgehead atoms. The molecule has 1 aromatic carbocycles. The Morgan fingerprint density at radius 1 is 1.10 bits per heavy atom. The zero-order chi connectivity index (χ0) is 13.8. The molecule has 2 heteroatoms. The molecule has 106 valence electrons. The number of carbonyl (C=O) groups is 1. The summed E-state index contributed by atoms with van der Waals surface area (Å²) in [6.45, 7) is 0. The van der Waals surface area contributed by atoms with Crippen LogP contribution in [0, 0.1) is 0 Å². The molecule has 0 N–H and O–H groups in total. The molecule has 1 fully saturated rings. The molecule has 1 aromatic rings. The van der Waals surface area contributed by atoms with Crippen molar-refractivity contribution in [1.29, 1.82) is 0 Å². The minimum Gasteiger partial charge on any atom is -0.289 e. The van der Waals surface area contributed by atoms with E-state index in [0.29, 0.717) is 22.6 Å². The van der Waals surface area contributed by atoms with Gasteiger partial charge in [-0.05, 0) is 48.6 Å². The predicted molar refractivity (Wildman–Crippen MR) is 87.7 cm³/mol. The molecule has 1 aliphatic heterocycles. The summed E-state index contributed by atoms with van der Waals surface area (Å²) in [4.78, 5) is 12.3. The second-order valence-electron chi connectivity index (χ2n) is 5.88. The number of hydrogen-bond acceptors (Lipinski definition) is 1. The molecule has 0 aromatic heterocycles. The van der Waals surface area contributed by atoms with Crippen LogP contribution in [0.3, 0.4) is 0 Å². The molecule has 0 saturated carbocycles. The quantitative estimate of drug-likeness (QED) is 0.463. The van der Waals surface area contributed by atoms with Crippen molar-refractivity contribution < 1.29 is 4.79 Å². The fourth-order valence-corrected chi connectivity index (χ4v) is 5.39. The molecule has 1 atom stereocenters. The lowest BCUT2D eigenvalue weighted by atomic mass is 9.89. The van der Waals surface area contributed by atoms with E-state index in [4.69, 9.17) is 0 Å². The van der Waals surface area contributed by atoms with E-state index in [-0.39, 0.29) is 0 Å². The Labute approximate surface area is 124 Å². The summed E-state index contributed by atoms with van der Waals surface area (Å²) in [6, 6.07) is 8.40. The normalized spacial score (nSPS) is 23.1. The van der Waals surface area contributed by atoms with E-state index in [9.17, 15) is 4.79 Å². The lowest BCUT2D eigenvalue weighted by Crippen LogP contribution is -2.17. The first-order valence-electron chi connectivity index (χ1n) is 7.77. The van der Waals surface area contributed by atoms with Gasteiger partial charge in [0.25, 0.3) is 0 Å². The third-order valence-corrected chi connectivity index (χ3v) is 6.77. The summed E-state index contributed by atoms with van der Waals surface area (Å²) in [5.74, 6) is 4.24. The van der Waals surface area contributed by atoms with Crippen LogP contribution in [0.15, 0.2) is 36.4 Å². The van der Waals surface area contributed by atoms with Crippen LogP contribution in [0.4, 0.5) is 0 Å². The number of hydrogen-bond donors (Lipinski definition) is 0. The molecule has 1 heterocycles. The summed E-state index contributed by atoms with van der Waals surface area (Å²) in [6.07, 6.45) is 11.0. The average molecular weight is 287 g/mol. The Kier molecular flexibility index (Phi) is 4.62. The van der Waals surface area contributed by atoms with Crippen molar-refractivity contribution in [3.05, 3.63) is 47.5 Å². The highest BCUT2D eigenvalue weighted by Gasteiger charge is 2.27. The smallest absolute Gasteiger partial charge is 0.211 e. The van der Waals surface area contributed by atoms with Gasteiger partial charge in [-0.25, -0.2) is 0 Å². The number of ketones is 1. The molecular weight excluding hydrogens is 264 g/mol. The Hall–Kier alpha value is -1.02. The van der Waals surface area contributed by atoms with Crippen LogP contribution in [-0.2, 0) is 10.9 Å². The van der Waals surface area contributed by atoms with Gasteiger partial charge in [0.05, 0.1) is 0 Å². The van der Waals surface area contributed by atoms with Crippen molar-refractivity contribution in [2.24, 2.45) is 0 Å². The first-order valence-corrected chi connectivity index (χ1v) is 9.50. The number of rotatable bonds is 4. The fraction of sp³-hybridized carbons (Fsp3) is 0.500. The molecule has 1 saturated heterocycles. The third-order valence-electron chi connectivity index (χ3n) is 4.37. The van der Waals surface area contributed by atoms with Crippen molar-refractivity contribution in [3.63, 3.8) is 0 Å². The van der Waals surface area contributed by atoms with Gasteiger partial charge < -0.3 is 0 Å². The molecule has 0 amide bonds. The van der Waals surface area contributed by atoms with Crippen LogP contribution in [0.5, 0.6) is 0 Å². The number of benzene rings is 1. The summed E-state index contributed by atoms with van der Waals surface area (Å²) in [7, 11) is 0.372. The Morgan fingerprint density at radius 3 is 2.50 bits per heavy atom. The van der Waals surface area contributed by atoms with Gasteiger partial charge in [-0.15, -0.1) is 0 Å². The van der Waals surface area contributed by atoms with Gasteiger partial charge in [-0.3, -0.25) is 4.79 Å². The highest BCUT2D eigenvalue weighted by atomic mass is 32.2.